The molecule has 2 rings (SSSR count). The van der Waals surface area contributed by atoms with E-state index in [9.17, 15) is 4.79 Å². The van der Waals surface area contributed by atoms with Gasteiger partial charge in [-0.1, -0.05) is 11.6 Å². The van der Waals surface area contributed by atoms with E-state index in [1.54, 1.807) is 10.9 Å². The molecule has 0 aromatic carbocycles. The molecule has 0 spiro atoms. The van der Waals surface area contributed by atoms with Crippen molar-refractivity contribution in [1.29, 1.82) is 0 Å². The van der Waals surface area contributed by atoms with Gasteiger partial charge < -0.3 is 5.32 Å². The zero-order valence-corrected chi connectivity index (χ0v) is 12.6. The fourth-order valence-electron chi connectivity index (χ4n) is 2.06. The summed E-state index contributed by atoms with van der Waals surface area (Å²) in [6.45, 7) is 7.77. The van der Waals surface area contributed by atoms with Crippen molar-refractivity contribution in [3.05, 3.63) is 34.4 Å². The van der Waals surface area contributed by atoms with Gasteiger partial charge in [-0.25, -0.2) is 0 Å². The highest BCUT2D eigenvalue weighted by atomic mass is 35.5. The first kappa shape index (κ1) is 14.6. The van der Waals surface area contributed by atoms with Crippen LogP contribution >= 0.6 is 11.6 Å². The van der Waals surface area contributed by atoms with Gasteiger partial charge in [0.25, 0.3) is 5.91 Å². The monoisotopic (exact) mass is 295 g/mol. The van der Waals surface area contributed by atoms with Crippen LogP contribution in [0.5, 0.6) is 0 Å². The van der Waals surface area contributed by atoms with Crippen LogP contribution in [0.25, 0.3) is 0 Å². The summed E-state index contributed by atoms with van der Waals surface area (Å²) in [5.74, 6) is -0.224. The standard InChI is InChI=1S/C13H18ClN5O/c1-4-18-9(3)10(7-16-18)6-15-13(20)12-11(14)8-17-19(12)5-2/h7-8H,4-6H2,1-3H3,(H,15,20). The molecule has 0 aliphatic carbocycles. The lowest BCUT2D eigenvalue weighted by Gasteiger charge is -2.07. The number of nitrogens with zero attached hydrogens (tertiary/aromatic N) is 4. The molecule has 0 fully saturated rings. The first-order valence-corrected chi connectivity index (χ1v) is 6.97. The summed E-state index contributed by atoms with van der Waals surface area (Å²) in [4.78, 5) is 12.2. The van der Waals surface area contributed by atoms with Gasteiger partial charge in [0.2, 0.25) is 0 Å². The highest BCUT2D eigenvalue weighted by Crippen LogP contribution is 2.15. The van der Waals surface area contributed by atoms with Crippen LogP contribution in [0.4, 0.5) is 0 Å². The fourth-order valence-corrected chi connectivity index (χ4v) is 2.29. The van der Waals surface area contributed by atoms with Gasteiger partial charge in [0.05, 0.1) is 17.4 Å². The summed E-state index contributed by atoms with van der Waals surface area (Å²) in [7, 11) is 0. The second-order valence-corrected chi connectivity index (χ2v) is 4.82. The summed E-state index contributed by atoms with van der Waals surface area (Å²) in [5.41, 5.74) is 2.46. The first-order chi connectivity index (χ1) is 9.58. The van der Waals surface area contributed by atoms with Crippen molar-refractivity contribution in [3.8, 4) is 0 Å². The molecule has 0 saturated carbocycles. The van der Waals surface area contributed by atoms with Crippen LogP contribution in [-0.2, 0) is 19.6 Å². The molecule has 1 N–H and O–H groups in total. The molecule has 2 aromatic heterocycles. The average Bonchev–Trinajstić information content (AvgIpc) is 2.99. The van der Waals surface area contributed by atoms with Crippen molar-refractivity contribution in [2.45, 2.75) is 40.4 Å². The van der Waals surface area contributed by atoms with E-state index in [0.29, 0.717) is 23.8 Å². The van der Waals surface area contributed by atoms with Crippen molar-refractivity contribution in [3.63, 3.8) is 0 Å². The van der Waals surface area contributed by atoms with Gasteiger partial charge in [-0.05, 0) is 20.8 Å². The van der Waals surface area contributed by atoms with Crippen molar-refractivity contribution < 1.29 is 4.79 Å². The molecule has 0 aliphatic rings. The van der Waals surface area contributed by atoms with E-state index >= 15 is 0 Å². The lowest BCUT2D eigenvalue weighted by Crippen LogP contribution is -2.26. The average molecular weight is 296 g/mol. The lowest BCUT2D eigenvalue weighted by atomic mass is 10.2. The summed E-state index contributed by atoms with van der Waals surface area (Å²) < 4.78 is 3.48. The highest BCUT2D eigenvalue weighted by Gasteiger charge is 2.17. The van der Waals surface area contributed by atoms with E-state index in [0.717, 1.165) is 17.8 Å². The van der Waals surface area contributed by atoms with Crippen LogP contribution in [0.15, 0.2) is 12.4 Å². The molecule has 0 saturated heterocycles. The second kappa shape index (κ2) is 6.09. The topological polar surface area (TPSA) is 64.7 Å². The Morgan fingerprint density at radius 3 is 2.50 bits per heavy atom. The molecule has 0 radical (unpaired) electrons. The van der Waals surface area contributed by atoms with Gasteiger partial charge >= 0.3 is 0 Å². The molecular formula is C13H18ClN5O. The van der Waals surface area contributed by atoms with E-state index in [-0.39, 0.29) is 5.91 Å². The number of amides is 1. The van der Waals surface area contributed by atoms with E-state index in [1.807, 2.05) is 25.5 Å². The minimum atomic E-state index is -0.224. The zero-order chi connectivity index (χ0) is 14.7. The van der Waals surface area contributed by atoms with Gasteiger partial charge in [0, 0.05) is 30.9 Å². The molecule has 20 heavy (non-hydrogen) atoms. The number of hydrogen-bond acceptors (Lipinski definition) is 3. The maximum absolute atomic E-state index is 12.2. The molecular weight excluding hydrogens is 278 g/mol. The van der Waals surface area contributed by atoms with Crippen LogP contribution in [0, 0.1) is 6.92 Å². The fraction of sp³-hybridized carbons (Fsp3) is 0.462. The Labute approximate surface area is 122 Å². The Bertz CT molecular complexity index is 616. The molecule has 2 aromatic rings. The minimum absolute atomic E-state index is 0.224. The normalized spacial score (nSPS) is 10.8. The number of nitrogens with one attached hydrogen (secondary N) is 1. The van der Waals surface area contributed by atoms with E-state index in [2.05, 4.69) is 15.5 Å². The molecule has 1 amide bonds. The van der Waals surface area contributed by atoms with Gasteiger partial charge in [-0.15, -0.1) is 0 Å². The maximum atomic E-state index is 12.2. The Balaban J connectivity index is 2.08. The molecule has 0 aliphatic heterocycles. The summed E-state index contributed by atoms with van der Waals surface area (Å²) in [5, 5.41) is 11.5. The number of halogens is 1. The zero-order valence-electron chi connectivity index (χ0n) is 11.9. The third-order valence-corrected chi connectivity index (χ3v) is 3.53. The molecule has 6 nitrogen and oxygen atoms in total. The maximum Gasteiger partial charge on any atom is 0.271 e. The summed E-state index contributed by atoms with van der Waals surface area (Å²) >= 11 is 6.00. The number of carbonyl (C=O) groups is 1. The number of hydrogen-bond donors (Lipinski definition) is 1. The Kier molecular flexibility index (Phi) is 4.44. The largest absolute Gasteiger partial charge is 0.346 e. The summed E-state index contributed by atoms with van der Waals surface area (Å²) in [6.07, 6.45) is 3.26. The molecule has 0 unspecified atom stereocenters. The van der Waals surface area contributed by atoms with Crippen molar-refractivity contribution in [2.75, 3.05) is 0 Å². The lowest BCUT2D eigenvalue weighted by molar-refractivity contribution is 0.0940. The third-order valence-electron chi connectivity index (χ3n) is 3.25. The second-order valence-electron chi connectivity index (χ2n) is 4.41. The Morgan fingerprint density at radius 1 is 1.25 bits per heavy atom. The molecule has 0 bridgehead atoms. The van der Waals surface area contributed by atoms with E-state index in [4.69, 9.17) is 11.6 Å². The van der Waals surface area contributed by atoms with Crippen LogP contribution in [0.3, 0.4) is 0 Å². The smallest absolute Gasteiger partial charge is 0.271 e. The number of aryl methyl sites for hydroxylation is 2. The third kappa shape index (κ3) is 2.70. The highest BCUT2D eigenvalue weighted by molar-refractivity contribution is 6.33. The molecule has 0 atom stereocenters. The number of carbonyl (C=O) groups excluding carboxylic acids is 1. The Morgan fingerprint density at radius 2 is 1.90 bits per heavy atom. The van der Waals surface area contributed by atoms with Crippen LogP contribution < -0.4 is 5.32 Å². The SMILES string of the molecule is CCn1ncc(CNC(=O)c2c(Cl)cnn2CC)c1C. The summed E-state index contributed by atoms with van der Waals surface area (Å²) in [6, 6.07) is 0. The van der Waals surface area contributed by atoms with Crippen molar-refractivity contribution >= 4 is 17.5 Å². The van der Waals surface area contributed by atoms with Crippen molar-refractivity contribution in [2.24, 2.45) is 0 Å². The van der Waals surface area contributed by atoms with Gasteiger partial charge in [-0.3, -0.25) is 14.2 Å². The van der Waals surface area contributed by atoms with E-state index in [1.165, 1.54) is 6.20 Å². The first-order valence-electron chi connectivity index (χ1n) is 6.59. The number of aromatic nitrogens is 4. The van der Waals surface area contributed by atoms with Crippen LogP contribution in [0.2, 0.25) is 5.02 Å². The molecule has 108 valence electrons. The predicted molar refractivity (Wildman–Crippen MR) is 76.7 cm³/mol. The van der Waals surface area contributed by atoms with Gasteiger partial charge in [-0.2, -0.15) is 10.2 Å². The minimum Gasteiger partial charge on any atom is -0.346 e. The van der Waals surface area contributed by atoms with Crippen LogP contribution in [-0.4, -0.2) is 25.5 Å². The van der Waals surface area contributed by atoms with E-state index < -0.39 is 0 Å². The quantitative estimate of drug-likeness (QED) is 0.918. The van der Waals surface area contributed by atoms with Gasteiger partial charge in [0.15, 0.2) is 0 Å². The predicted octanol–water partition coefficient (Wildman–Crippen LogP) is 2.01. The molecule has 2 heterocycles. The molecule has 7 heteroatoms. The Hall–Kier alpha value is -1.82. The number of rotatable bonds is 5. The van der Waals surface area contributed by atoms with Crippen molar-refractivity contribution in [1.82, 2.24) is 24.9 Å². The van der Waals surface area contributed by atoms with Gasteiger partial charge in [0.1, 0.15) is 5.69 Å². The van der Waals surface area contributed by atoms with Crippen LogP contribution in [0.1, 0.15) is 35.6 Å².